The van der Waals surface area contributed by atoms with Gasteiger partial charge >= 0.3 is 0 Å². The predicted molar refractivity (Wildman–Crippen MR) is 53.1 cm³/mol. The molecule has 5 heteroatoms. The fraction of sp³-hybridized carbons (Fsp3) is 1.00. The minimum Gasteiger partial charge on any atom is -0.313 e. The van der Waals surface area contributed by atoms with E-state index in [9.17, 15) is 8.42 Å². The lowest BCUT2D eigenvalue weighted by Crippen LogP contribution is -2.44. The van der Waals surface area contributed by atoms with E-state index in [-0.39, 0.29) is 17.3 Å². The molecule has 4 nitrogen and oxygen atoms in total. The summed E-state index contributed by atoms with van der Waals surface area (Å²) in [5.74, 6) is 0. The van der Waals surface area contributed by atoms with Crippen LogP contribution in [0.25, 0.3) is 0 Å². The molecule has 0 saturated carbocycles. The Morgan fingerprint density at radius 3 is 2.46 bits per heavy atom. The summed E-state index contributed by atoms with van der Waals surface area (Å²) in [4.78, 5) is 0. The largest absolute Gasteiger partial charge is 0.313 e. The molecule has 1 heterocycles. The first-order valence-corrected chi connectivity index (χ1v) is 6.22. The Morgan fingerprint density at radius 1 is 1.46 bits per heavy atom. The third-order valence-corrected chi connectivity index (χ3v) is 4.33. The smallest absolute Gasteiger partial charge is 0.214 e. The van der Waals surface area contributed by atoms with Crippen LogP contribution in [0.15, 0.2) is 0 Å². The lowest BCUT2D eigenvalue weighted by Gasteiger charge is -2.18. The van der Waals surface area contributed by atoms with Crippen molar-refractivity contribution in [1.29, 1.82) is 0 Å². The Kier molecular flexibility index (Phi) is 3.32. The van der Waals surface area contributed by atoms with Gasteiger partial charge in [0.25, 0.3) is 0 Å². The second-order valence-electron chi connectivity index (χ2n) is 3.85. The van der Waals surface area contributed by atoms with E-state index in [1.54, 1.807) is 13.8 Å². The van der Waals surface area contributed by atoms with E-state index >= 15 is 0 Å². The Morgan fingerprint density at radius 2 is 2.08 bits per heavy atom. The highest BCUT2D eigenvalue weighted by Gasteiger charge is 2.28. The summed E-state index contributed by atoms with van der Waals surface area (Å²) in [6.07, 6.45) is 0.882. The maximum atomic E-state index is 11.5. The summed E-state index contributed by atoms with van der Waals surface area (Å²) in [6.45, 7) is 6.28. The maximum absolute atomic E-state index is 11.5. The maximum Gasteiger partial charge on any atom is 0.214 e. The lowest BCUT2D eigenvalue weighted by molar-refractivity contribution is 0.513. The molecule has 1 fully saturated rings. The zero-order valence-electron chi connectivity index (χ0n) is 8.37. The van der Waals surface area contributed by atoms with Crippen molar-refractivity contribution in [2.45, 2.75) is 44.5 Å². The van der Waals surface area contributed by atoms with Gasteiger partial charge in [-0.25, -0.2) is 13.1 Å². The molecule has 0 aromatic rings. The van der Waals surface area contributed by atoms with E-state index in [2.05, 4.69) is 10.0 Å². The minimum atomic E-state index is -3.10. The summed E-state index contributed by atoms with van der Waals surface area (Å²) >= 11 is 0. The van der Waals surface area contributed by atoms with Crippen LogP contribution < -0.4 is 10.0 Å². The molecule has 0 aromatic carbocycles. The van der Waals surface area contributed by atoms with Crippen LogP contribution in [0.2, 0.25) is 0 Å². The summed E-state index contributed by atoms with van der Waals surface area (Å²) in [5.41, 5.74) is 0. The van der Waals surface area contributed by atoms with Crippen LogP contribution in [0.5, 0.6) is 0 Å². The van der Waals surface area contributed by atoms with Crippen molar-refractivity contribution in [3.05, 3.63) is 0 Å². The first kappa shape index (κ1) is 10.9. The lowest BCUT2D eigenvalue weighted by atomic mass is 10.2. The van der Waals surface area contributed by atoms with Gasteiger partial charge < -0.3 is 5.32 Å². The molecular weight excluding hydrogens is 188 g/mol. The molecule has 2 N–H and O–H groups in total. The molecule has 0 aliphatic carbocycles. The topological polar surface area (TPSA) is 58.2 Å². The molecular formula is C8H18N2O2S. The van der Waals surface area contributed by atoms with Crippen LogP contribution in [0.3, 0.4) is 0 Å². The van der Waals surface area contributed by atoms with Gasteiger partial charge in [0.15, 0.2) is 0 Å². The Labute approximate surface area is 80.1 Å². The monoisotopic (exact) mass is 206 g/mol. The van der Waals surface area contributed by atoms with E-state index in [1.807, 2.05) is 6.92 Å². The highest BCUT2D eigenvalue weighted by molar-refractivity contribution is 7.90. The molecule has 0 amide bonds. The van der Waals surface area contributed by atoms with Gasteiger partial charge in [0.05, 0.1) is 5.25 Å². The van der Waals surface area contributed by atoms with Gasteiger partial charge in [-0.1, -0.05) is 0 Å². The molecule has 1 aliphatic heterocycles. The molecule has 13 heavy (non-hydrogen) atoms. The zero-order chi connectivity index (χ0) is 10.1. The van der Waals surface area contributed by atoms with Gasteiger partial charge in [-0.3, -0.25) is 0 Å². The molecule has 0 aromatic heterocycles. The Bertz CT molecular complexity index is 261. The third-order valence-electron chi connectivity index (χ3n) is 2.46. The molecule has 1 rings (SSSR count). The Balaban J connectivity index is 2.58. The Hall–Kier alpha value is -0.130. The van der Waals surface area contributed by atoms with Crippen molar-refractivity contribution in [3.63, 3.8) is 0 Å². The summed E-state index contributed by atoms with van der Waals surface area (Å²) in [5, 5.41) is 2.86. The fourth-order valence-corrected chi connectivity index (χ4v) is 2.38. The van der Waals surface area contributed by atoms with E-state index in [0.29, 0.717) is 0 Å². The molecule has 2 atom stereocenters. The average molecular weight is 206 g/mol. The van der Waals surface area contributed by atoms with Crippen LogP contribution in [0.4, 0.5) is 0 Å². The van der Waals surface area contributed by atoms with Crippen molar-refractivity contribution < 1.29 is 8.42 Å². The molecule has 0 spiro atoms. The van der Waals surface area contributed by atoms with Gasteiger partial charge in [0.2, 0.25) is 10.0 Å². The second-order valence-corrected chi connectivity index (χ2v) is 6.12. The normalized spacial score (nSPS) is 29.8. The highest BCUT2D eigenvalue weighted by Crippen LogP contribution is 2.09. The first-order valence-electron chi connectivity index (χ1n) is 4.68. The van der Waals surface area contributed by atoms with Crippen molar-refractivity contribution in [2.24, 2.45) is 0 Å². The van der Waals surface area contributed by atoms with Crippen LogP contribution >= 0.6 is 0 Å². The van der Waals surface area contributed by atoms with E-state index in [4.69, 9.17) is 0 Å². The number of hydrogen-bond acceptors (Lipinski definition) is 3. The number of rotatable bonds is 3. The van der Waals surface area contributed by atoms with Crippen molar-refractivity contribution in [1.82, 2.24) is 10.0 Å². The van der Waals surface area contributed by atoms with Crippen LogP contribution in [-0.4, -0.2) is 32.3 Å². The third kappa shape index (κ3) is 2.65. The highest BCUT2D eigenvalue weighted by atomic mass is 32.2. The minimum absolute atomic E-state index is 0.0624. The van der Waals surface area contributed by atoms with Gasteiger partial charge in [0, 0.05) is 12.1 Å². The van der Waals surface area contributed by atoms with Crippen molar-refractivity contribution >= 4 is 10.0 Å². The van der Waals surface area contributed by atoms with E-state index < -0.39 is 10.0 Å². The standard InChI is InChI=1S/C8H18N2O2S/c1-6(2)13(11,12)10-8-4-5-9-7(8)3/h6-10H,4-5H2,1-3H3. The summed E-state index contributed by atoms with van der Waals surface area (Å²) in [7, 11) is -3.10. The zero-order valence-corrected chi connectivity index (χ0v) is 9.19. The van der Waals surface area contributed by atoms with E-state index in [0.717, 1.165) is 13.0 Å². The average Bonchev–Trinajstić information content (AvgIpc) is 2.35. The van der Waals surface area contributed by atoms with Crippen LogP contribution in [0.1, 0.15) is 27.2 Å². The number of hydrogen-bond donors (Lipinski definition) is 2. The summed E-state index contributed by atoms with van der Waals surface area (Å²) in [6, 6.07) is 0.306. The summed E-state index contributed by atoms with van der Waals surface area (Å²) < 4.78 is 25.7. The number of sulfonamides is 1. The quantitative estimate of drug-likeness (QED) is 0.687. The number of nitrogens with one attached hydrogen (secondary N) is 2. The van der Waals surface area contributed by atoms with Crippen molar-refractivity contribution in [3.8, 4) is 0 Å². The first-order chi connectivity index (χ1) is 5.93. The van der Waals surface area contributed by atoms with E-state index in [1.165, 1.54) is 0 Å². The SMILES string of the molecule is CC1NCCC1NS(=O)(=O)C(C)C. The molecule has 0 bridgehead atoms. The van der Waals surface area contributed by atoms with Crippen LogP contribution in [0, 0.1) is 0 Å². The van der Waals surface area contributed by atoms with Crippen LogP contribution in [-0.2, 0) is 10.0 Å². The van der Waals surface area contributed by atoms with Gasteiger partial charge in [-0.2, -0.15) is 0 Å². The molecule has 2 unspecified atom stereocenters. The molecule has 1 saturated heterocycles. The second kappa shape index (κ2) is 3.94. The van der Waals surface area contributed by atoms with Crippen molar-refractivity contribution in [2.75, 3.05) is 6.54 Å². The molecule has 78 valence electrons. The predicted octanol–water partition coefficient (Wildman–Crippen LogP) is 0.0646. The van der Waals surface area contributed by atoms with Gasteiger partial charge in [-0.15, -0.1) is 0 Å². The van der Waals surface area contributed by atoms with Gasteiger partial charge in [0.1, 0.15) is 0 Å². The molecule has 1 aliphatic rings. The fourth-order valence-electron chi connectivity index (χ4n) is 1.37. The molecule has 0 radical (unpaired) electrons. The van der Waals surface area contributed by atoms with Gasteiger partial charge in [-0.05, 0) is 33.7 Å².